The van der Waals surface area contributed by atoms with Crippen LogP contribution in [-0.2, 0) is 6.18 Å². The first kappa shape index (κ1) is 9.98. The summed E-state index contributed by atoms with van der Waals surface area (Å²) in [6.45, 7) is 0. The van der Waals surface area contributed by atoms with Crippen molar-refractivity contribution >= 4 is 17.3 Å². The zero-order chi connectivity index (χ0) is 10.2. The number of phenols is 1. The molecule has 3 N–H and O–H groups in total. The first-order valence-electron chi connectivity index (χ1n) is 3.17. The van der Waals surface area contributed by atoms with Gasteiger partial charge in [-0.25, -0.2) is 0 Å². The first-order chi connectivity index (χ1) is 5.82. The fraction of sp³-hybridized carbons (Fsp3) is 0.143. The van der Waals surface area contributed by atoms with Crippen molar-refractivity contribution in [2.24, 2.45) is 0 Å². The van der Waals surface area contributed by atoms with Crippen molar-refractivity contribution in [2.45, 2.75) is 6.18 Å². The van der Waals surface area contributed by atoms with Gasteiger partial charge in [0.2, 0.25) is 0 Å². The van der Waals surface area contributed by atoms with Gasteiger partial charge in [0.15, 0.2) is 0 Å². The van der Waals surface area contributed by atoms with Crippen LogP contribution in [0.1, 0.15) is 5.56 Å². The molecular formula is C7H5ClF3NO. The van der Waals surface area contributed by atoms with E-state index in [1.807, 2.05) is 0 Å². The number of rotatable bonds is 0. The van der Waals surface area contributed by atoms with Gasteiger partial charge in [-0.2, -0.15) is 13.2 Å². The molecule has 0 atom stereocenters. The Morgan fingerprint density at radius 2 is 1.85 bits per heavy atom. The Hall–Kier alpha value is -1.10. The van der Waals surface area contributed by atoms with E-state index in [1.165, 1.54) is 0 Å². The average molecular weight is 212 g/mol. The van der Waals surface area contributed by atoms with Crippen molar-refractivity contribution in [3.05, 3.63) is 22.7 Å². The van der Waals surface area contributed by atoms with Crippen molar-refractivity contribution in [2.75, 3.05) is 5.73 Å². The SMILES string of the molecule is Nc1c(O)cc(Cl)cc1C(F)(F)F. The normalized spacial score (nSPS) is 11.7. The smallest absolute Gasteiger partial charge is 0.418 e. The third kappa shape index (κ3) is 1.98. The van der Waals surface area contributed by atoms with Crippen LogP contribution in [0.15, 0.2) is 12.1 Å². The molecule has 0 spiro atoms. The summed E-state index contributed by atoms with van der Waals surface area (Å²) in [5.41, 5.74) is 3.17. The predicted octanol–water partition coefficient (Wildman–Crippen LogP) is 2.65. The highest BCUT2D eigenvalue weighted by Gasteiger charge is 2.34. The number of hydrogen-bond donors (Lipinski definition) is 2. The monoisotopic (exact) mass is 211 g/mol. The summed E-state index contributed by atoms with van der Waals surface area (Å²) in [4.78, 5) is 0. The lowest BCUT2D eigenvalue weighted by Crippen LogP contribution is -2.08. The van der Waals surface area contributed by atoms with E-state index in [4.69, 9.17) is 22.4 Å². The van der Waals surface area contributed by atoms with Crippen LogP contribution >= 0.6 is 11.6 Å². The zero-order valence-electron chi connectivity index (χ0n) is 6.19. The summed E-state index contributed by atoms with van der Waals surface area (Å²) in [6, 6.07) is 1.61. The van der Waals surface area contributed by atoms with Gasteiger partial charge in [0.25, 0.3) is 0 Å². The third-order valence-corrected chi connectivity index (χ3v) is 1.65. The molecule has 0 radical (unpaired) electrons. The van der Waals surface area contributed by atoms with Crippen LogP contribution in [0.2, 0.25) is 5.02 Å². The Bertz CT molecular complexity index is 337. The molecule has 0 aromatic heterocycles. The lowest BCUT2D eigenvalue weighted by molar-refractivity contribution is -0.137. The molecule has 1 rings (SSSR count). The molecule has 1 aromatic rings. The third-order valence-electron chi connectivity index (χ3n) is 1.43. The number of benzene rings is 1. The largest absolute Gasteiger partial charge is 0.506 e. The van der Waals surface area contributed by atoms with E-state index in [2.05, 4.69) is 0 Å². The molecule has 0 unspecified atom stereocenters. The molecular weight excluding hydrogens is 207 g/mol. The highest BCUT2D eigenvalue weighted by Crippen LogP contribution is 2.39. The summed E-state index contributed by atoms with van der Waals surface area (Å²) in [6.07, 6.45) is -4.60. The van der Waals surface area contributed by atoms with Crippen LogP contribution in [0.25, 0.3) is 0 Å². The first-order valence-corrected chi connectivity index (χ1v) is 3.55. The number of nitrogen functional groups attached to an aromatic ring is 1. The summed E-state index contributed by atoms with van der Waals surface area (Å²) in [5, 5.41) is 8.73. The van der Waals surface area contributed by atoms with Crippen molar-refractivity contribution in [1.29, 1.82) is 0 Å². The Labute approximate surface area is 76.7 Å². The summed E-state index contributed by atoms with van der Waals surface area (Å²) < 4.78 is 36.5. The summed E-state index contributed by atoms with van der Waals surface area (Å²) in [7, 11) is 0. The average Bonchev–Trinajstić information content (AvgIpc) is 1.94. The number of alkyl halides is 3. The molecule has 2 nitrogen and oxygen atoms in total. The van der Waals surface area contributed by atoms with Crippen LogP contribution in [0.4, 0.5) is 18.9 Å². The van der Waals surface area contributed by atoms with Crippen LogP contribution in [-0.4, -0.2) is 5.11 Å². The second-order valence-electron chi connectivity index (χ2n) is 2.38. The van der Waals surface area contributed by atoms with Gasteiger partial charge in [-0.15, -0.1) is 0 Å². The Kier molecular flexibility index (Phi) is 2.30. The number of halogens is 4. The van der Waals surface area contributed by atoms with Gasteiger partial charge in [0, 0.05) is 11.1 Å². The number of hydrogen-bond acceptors (Lipinski definition) is 2. The minimum absolute atomic E-state index is 0.209. The van der Waals surface area contributed by atoms with Gasteiger partial charge in [0.05, 0.1) is 11.3 Å². The molecule has 0 aliphatic heterocycles. The van der Waals surface area contributed by atoms with E-state index in [0.717, 1.165) is 6.07 Å². The Morgan fingerprint density at radius 3 is 2.31 bits per heavy atom. The molecule has 0 aliphatic rings. The second kappa shape index (κ2) is 2.99. The molecule has 0 aliphatic carbocycles. The van der Waals surface area contributed by atoms with E-state index in [1.54, 1.807) is 0 Å². The van der Waals surface area contributed by atoms with Gasteiger partial charge >= 0.3 is 6.18 Å². The van der Waals surface area contributed by atoms with E-state index < -0.39 is 23.2 Å². The maximum absolute atomic E-state index is 12.2. The number of anilines is 1. The van der Waals surface area contributed by atoms with Gasteiger partial charge in [-0.1, -0.05) is 11.6 Å². The molecule has 13 heavy (non-hydrogen) atoms. The number of aromatic hydroxyl groups is 1. The van der Waals surface area contributed by atoms with Crippen molar-refractivity contribution in [3.8, 4) is 5.75 Å². The molecule has 1 aromatic carbocycles. The van der Waals surface area contributed by atoms with E-state index >= 15 is 0 Å². The second-order valence-corrected chi connectivity index (χ2v) is 2.82. The molecule has 0 amide bonds. The molecule has 0 bridgehead atoms. The lowest BCUT2D eigenvalue weighted by Gasteiger charge is -2.11. The molecule has 0 saturated heterocycles. The maximum atomic E-state index is 12.2. The quantitative estimate of drug-likeness (QED) is 0.512. The van der Waals surface area contributed by atoms with Gasteiger partial charge in [-0.05, 0) is 6.07 Å². The van der Waals surface area contributed by atoms with Gasteiger partial charge in [0.1, 0.15) is 5.75 Å². The summed E-state index contributed by atoms with van der Waals surface area (Å²) >= 11 is 5.31. The highest BCUT2D eigenvalue weighted by atomic mass is 35.5. The van der Waals surface area contributed by atoms with E-state index in [9.17, 15) is 13.2 Å². The number of nitrogens with two attached hydrogens (primary N) is 1. The standard InChI is InChI=1S/C7H5ClF3NO/c8-3-1-4(7(9,10)11)6(12)5(13)2-3/h1-2,13H,12H2. The minimum Gasteiger partial charge on any atom is -0.506 e. The van der Waals surface area contributed by atoms with Gasteiger partial charge < -0.3 is 10.8 Å². The Balaban J connectivity index is 3.37. The van der Waals surface area contributed by atoms with E-state index in [0.29, 0.717) is 6.07 Å². The van der Waals surface area contributed by atoms with Crippen LogP contribution in [0.5, 0.6) is 5.75 Å². The van der Waals surface area contributed by atoms with Crippen LogP contribution in [0.3, 0.4) is 0 Å². The molecule has 6 heteroatoms. The predicted molar refractivity (Wildman–Crippen MR) is 42.5 cm³/mol. The van der Waals surface area contributed by atoms with Crippen molar-refractivity contribution in [1.82, 2.24) is 0 Å². The molecule has 0 fully saturated rings. The fourth-order valence-corrected chi connectivity index (χ4v) is 1.05. The topological polar surface area (TPSA) is 46.2 Å². The van der Waals surface area contributed by atoms with Crippen LogP contribution < -0.4 is 5.73 Å². The van der Waals surface area contributed by atoms with Crippen molar-refractivity contribution < 1.29 is 18.3 Å². The molecule has 0 heterocycles. The Morgan fingerprint density at radius 1 is 1.31 bits per heavy atom. The molecule has 0 saturated carbocycles. The maximum Gasteiger partial charge on any atom is 0.418 e. The molecule has 72 valence electrons. The lowest BCUT2D eigenvalue weighted by atomic mass is 10.1. The van der Waals surface area contributed by atoms with Gasteiger partial charge in [-0.3, -0.25) is 0 Å². The van der Waals surface area contributed by atoms with Crippen molar-refractivity contribution in [3.63, 3.8) is 0 Å². The summed E-state index contributed by atoms with van der Waals surface area (Å²) in [5.74, 6) is -0.667. The minimum atomic E-state index is -4.60. The zero-order valence-corrected chi connectivity index (χ0v) is 6.95. The van der Waals surface area contributed by atoms with E-state index in [-0.39, 0.29) is 5.02 Å². The highest BCUT2D eigenvalue weighted by molar-refractivity contribution is 6.30. The fourth-order valence-electron chi connectivity index (χ4n) is 0.838. The van der Waals surface area contributed by atoms with Crippen LogP contribution in [0, 0.1) is 0 Å². The number of phenolic OH excluding ortho intramolecular Hbond substituents is 1.